The first-order valence-electron chi connectivity index (χ1n) is 10.0. The molecule has 0 fully saturated rings. The van der Waals surface area contributed by atoms with E-state index in [1.165, 1.54) is 14.0 Å². The standard InChI is InChI=1S/C22H30N2O6S/c1-6-16(3)24(22(25)23-18-10-8-9-11-19(18)28-4)15-17-12-13-20(29-5)21(14-17)30-31(26,27)7-2/h8-14,16H,6-7,15H2,1-5H3,(H,23,25). The number of nitrogens with zero attached hydrogens (tertiary/aromatic N) is 1. The van der Waals surface area contributed by atoms with Crippen LogP contribution in [0.4, 0.5) is 10.5 Å². The van der Waals surface area contributed by atoms with Crippen molar-refractivity contribution in [2.75, 3.05) is 25.3 Å². The third-order valence-corrected chi connectivity index (χ3v) is 6.02. The monoisotopic (exact) mass is 450 g/mol. The lowest BCUT2D eigenvalue weighted by molar-refractivity contribution is 0.187. The predicted octanol–water partition coefficient (Wildman–Crippen LogP) is 4.26. The Bertz CT molecular complexity index is 993. The number of urea groups is 1. The molecule has 9 heteroatoms. The summed E-state index contributed by atoms with van der Waals surface area (Å²) in [6, 6.07) is 11.8. The van der Waals surface area contributed by atoms with Crippen LogP contribution in [0, 0.1) is 0 Å². The van der Waals surface area contributed by atoms with Crippen molar-refractivity contribution in [2.45, 2.75) is 39.8 Å². The van der Waals surface area contributed by atoms with Crippen molar-refractivity contribution in [3.8, 4) is 17.2 Å². The number of methoxy groups -OCH3 is 2. The van der Waals surface area contributed by atoms with E-state index in [1.807, 2.05) is 26.0 Å². The molecule has 0 bridgehead atoms. The Kier molecular flexibility index (Phi) is 8.56. The molecule has 2 rings (SSSR count). The minimum absolute atomic E-state index is 0.0689. The van der Waals surface area contributed by atoms with Crippen molar-refractivity contribution in [3.05, 3.63) is 48.0 Å². The molecule has 0 aliphatic carbocycles. The molecular weight excluding hydrogens is 420 g/mol. The maximum atomic E-state index is 13.1. The third-order valence-electron chi connectivity index (χ3n) is 4.88. The summed E-state index contributed by atoms with van der Waals surface area (Å²) in [4.78, 5) is 14.7. The first kappa shape index (κ1) is 24.3. The topological polar surface area (TPSA) is 94.2 Å². The Balaban J connectivity index is 2.30. The van der Waals surface area contributed by atoms with Gasteiger partial charge in [-0.25, -0.2) is 4.79 Å². The van der Waals surface area contributed by atoms with Gasteiger partial charge in [0.1, 0.15) is 5.75 Å². The minimum atomic E-state index is -3.72. The van der Waals surface area contributed by atoms with Crippen LogP contribution < -0.4 is 19.0 Å². The summed E-state index contributed by atoms with van der Waals surface area (Å²) in [7, 11) is -0.743. The van der Waals surface area contributed by atoms with Crippen LogP contribution >= 0.6 is 0 Å². The molecule has 1 N–H and O–H groups in total. The van der Waals surface area contributed by atoms with Crippen molar-refractivity contribution >= 4 is 21.8 Å². The van der Waals surface area contributed by atoms with Gasteiger partial charge in [-0.3, -0.25) is 0 Å². The number of carbonyl (C=O) groups is 1. The molecule has 170 valence electrons. The van der Waals surface area contributed by atoms with E-state index >= 15 is 0 Å². The van der Waals surface area contributed by atoms with Crippen LogP contribution in [-0.4, -0.2) is 45.4 Å². The molecule has 0 aromatic heterocycles. The van der Waals surface area contributed by atoms with Gasteiger partial charge in [-0.1, -0.05) is 25.1 Å². The van der Waals surface area contributed by atoms with E-state index in [-0.39, 0.29) is 30.1 Å². The highest BCUT2D eigenvalue weighted by Crippen LogP contribution is 2.30. The summed E-state index contributed by atoms with van der Waals surface area (Å²) < 4.78 is 39.6. The smallest absolute Gasteiger partial charge is 0.322 e. The summed E-state index contributed by atoms with van der Waals surface area (Å²) in [5.41, 5.74) is 1.27. The zero-order chi connectivity index (χ0) is 23.0. The Morgan fingerprint density at radius 3 is 2.32 bits per heavy atom. The van der Waals surface area contributed by atoms with Crippen LogP contribution in [-0.2, 0) is 16.7 Å². The zero-order valence-corrected chi connectivity index (χ0v) is 19.4. The van der Waals surface area contributed by atoms with E-state index in [4.69, 9.17) is 13.7 Å². The Hall–Kier alpha value is -2.94. The highest BCUT2D eigenvalue weighted by atomic mass is 32.2. The third kappa shape index (κ3) is 6.52. The molecule has 2 aromatic rings. The number of amides is 2. The number of para-hydroxylation sites is 2. The van der Waals surface area contributed by atoms with Gasteiger partial charge >= 0.3 is 16.1 Å². The molecule has 0 aliphatic heterocycles. The van der Waals surface area contributed by atoms with Gasteiger partial charge in [0.05, 0.1) is 25.7 Å². The highest BCUT2D eigenvalue weighted by Gasteiger charge is 2.22. The van der Waals surface area contributed by atoms with Gasteiger partial charge < -0.3 is 23.9 Å². The largest absolute Gasteiger partial charge is 0.495 e. The highest BCUT2D eigenvalue weighted by molar-refractivity contribution is 7.87. The number of benzene rings is 2. The molecule has 0 aliphatic rings. The second-order valence-electron chi connectivity index (χ2n) is 6.93. The van der Waals surface area contributed by atoms with Crippen LogP contribution in [0.25, 0.3) is 0 Å². The SMILES string of the molecule is CCC(C)N(Cc1ccc(OC)c(OS(=O)(=O)CC)c1)C(=O)Nc1ccccc1OC. The number of ether oxygens (including phenoxy) is 2. The second kappa shape index (κ2) is 10.9. The maximum absolute atomic E-state index is 13.1. The van der Waals surface area contributed by atoms with E-state index < -0.39 is 10.1 Å². The van der Waals surface area contributed by atoms with Crippen molar-refractivity contribution in [1.29, 1.82) is 0 Å². The molecule has 0 saturated heterocycles. The molecule has 0 saturated carbocycles. The van der Waals surface area contributed by atoms with Gasteiger partial charge in [0.15, 0.2) is 11.5 Å². The Morgan fingerprint density at radius 2 is 1.71 bits per heavy atom. The fourth-order valence-corrected chi connectivity index (χ4v) is 3.38. The van der Waals surface area contributed by atoms with Crippen LogP contribution in [0.2, 0.25) is 0 Å². The quantitative estimate of drug-likeness (QED) is 0.544. The van der Waals surface area contributed by atoms with Gasteiger partial charge in [-0.2, -0.15) is 8.42 Å². The van der Waals surface area contributed by atoms with Crippen molar-refractivity contribution in [1.82, 2.24) is 4.90 Å². The van der Waals surface area contributed by atoms with E-state index in [2.05, 4.69) is 5.32 Å². The average molecular weight is 451 g/mol. The van der Waals surface area contributed by atoms with E-state index in [0.717, 1.165) is 6.42 Å². The average Bonchev–Trinajstić information content (AvgIpc) is 2.77. The lowest BCUT2D eigenvalue weighted by atomic mass is 10.1. The number of nitrogens with one attached hydrogen (secondary N) is 1. The molecule has 0 spiro atoms. The summed E-state index contributed by atoms with van der Waals surface area (Å²) in [5, 5.41) is 2.89. The first-order chi connectivity index (χ1) is 14.7. The molecule has 2 amide bonds. The number of rotatable bonds is 10. The van der Waals surface area contributed by atoms with Gasteiger partial charge in [0.25, 0.3) is 0 Å². The molecule has 8 nitrogen and oxygen atoms in total. The fourth-order valence-electron chi connectivity index (χ4n) is 2.86. The van der Waals surface area contributed by atoms with Gasteiger partial charge in [-0.15, -0.1) is 0 Å². The van der Waals surface area contributed by atoms with E-state index in [1.54, 1.807) is 42.3 Å². The number of hydrogen-bond acceptors (Lipinski definition) is 6. The van der Waals surface area contributed by atoms with Crippen LogP contribution in [0.1, 0.15) is 32.8 Å². The number of hydrogen-bond donors (Lipinski definition) is 1. The summed E-state index contributed by atoms with van der Waals surface area (Å²) in [6.07, 6.45) is 0.739. The molecule has 1 unspecified atom stereocenters. The molecule has 0 heterocycles. The minimum Gasteiger partial charge on any atom is -0.495 e. The van der Waals surface area contributed by atoms with Crippen molar-refractivity contribution < 1.29 is 26.9 Å². The van der Waals surface area contributed by atoms with Crippen molar-refractivity contribution in [2.24, 2.45) is 0 Å². The maximum Gasteiger partial charge on any atom is 0.322 e. The molecule has 1 atom stereocenters. The number of anilines is 1. The van der Waals surface area contributed by atoms with E-state index in [9.17, 15) is 13.2 Å². The van der Waals surface area contributed by atoms with Gasteiger partial charge in [0, 0.05) is 12.6 Å². The lowest BCUT2D eigenvalue weighted by Gasteiger charge is -2.29. The molecule has 2 aromatic carbocycles. The number of carbonyl (C=O) groups excluding carboxylic acids is 1. The Morgan fingerprint density at radius 1 is 1.03 bits per heavy atom. The second-order valence-corrected chi connectivity index (χ2v) is 8.79. The normalized spacial score (nSPS) is 12.0. The van der Waals surface area contributed by atoms with E-state index in [0.29, 0.717) is 22.7 Å². The van der Waals surface area contributed by atoms with Crippen LogP contribution in [0.5, 0.6) is 17.2 Å². The summed E-state index contributed by atoms with van der Waals surface area (Å²) in [6.45, 7) is 5.69. The van der Waals surface area contributed by atoms with Crippen LogP contribution in [0.15, 0.2) is 42.5 Å². The lowest BCUT2D eigenvalue weighted by Crippen LogP contribution is -2.40. The zero-order valence-electron chi connectivity index (χ0n) is 18.5. The van der Waals surface area contributed by atoms with Crippen molar-refractivity contribution in [3.63, 3.8) is 0 Å². The molecule has 0 radical (unpaired) electrons. The van der Waals surface area contributed by atoms with Crippen LogP contribution in [0.3, 0.4) is 0 Å². The predicted molar refractivity (Wildman–Crippen MR) is 120 cm³/mol. The summed E-state index contributed by atoms with van der Waals surface area (Å²) >= 11 is 0. The molecular formula is C22H30N2O6S. The van der Waals surface area contributed by atoms with Gasteiger partial charge in [0.2, 0.25) is 0 Å². The first-order valence-corrected chi connectivity index (χ1v) is 11.6. The molecule has 31 heavy (non-hydrogen) atoms. The fraction of sp³-hybridized carbons (Fsp3) is 0.409. The Labute approximate surface area is 184 Å². The van der Waals surface area contributed by atoms with Gasteiger partial charge in [-0.05, 0) is 50.1 Å². The summed E-state index contributed by atoms with van der Waals surface area (Å²) in [5.74, 6) is 0.788.